The third-order valence-electron chi connectivity index (χ3n) is 4.92. The van der Waals surface area contributed by atoms with E-state index in [1.165, 1.54) is 11.3 Å². The summed E-state index contributed by atoms with van der Waals surface area (Å²) in [5.41, 5.74) is 1.98. The van der Waals surface area contributed by atoms with Gasteiger partial charge in [0.15, 0.2) is 5.13 Å². The van der Waals surface area contributed by atoms with E-state index < -0.39 is 0 Å². The average molecular weight is 416 g/mol. The van der Waals surface area contributed by atoms with Crippen molar-refractivity contribution in [3.8, 4) is 0 Å². The van der Waals surface area contributed by atoms with Gasteiger partial charge < -0.3 is 10.6 Å². The molecule has 0 spiro atoms. The number of amides is 4. The topological polar surface area (TPSA) is 91.4 Å². The molecule has 0 atom stereocenters. The molecule has 3 aromatic carbocycles. The maximum atomic E-state index is 12.5. The average Bonchev–Trinajstić information content (AvgIpc) is 3.30. The number of carbonyl (C=O) groups is 3. The van der Waals surface area contributed by atoms with Crippen LogP contribution in [0.15, 0.2) is 60.7 Å². The molecule has 0 bridgehead atoms. The number of fused-ring (bicyclic) bond motifs is 2. The van der Waals surface area contributed by atoms with Crippen molar-refractivity contribution in [1.82, 2.24) is 4.98 Å². The summed E-state index contributed by atoms with van der Waals surface area (Å²) < 4.78 is 0.778. The lowest BCUT2D eigenvalue weighted by Gasteiger charge is -2.10. The van der Waals surface area contributed by atoms with Crippen LogP contribution in [0.5, 0.6) is 0 Å². The van der Waals surface area contributed by atoms with Crippen LogP contribution in [0.1, 0.15) is 12.8 Å². The smallest absolute Gasteiger partial charge is 0.308 e. The van der Waals surface area contributed by atoms with Crippen molar-refractivity contribution in [2.75, 3.05) is 15.5 Å². The molecule has 8 heteroatoms. The van der Waals surface area contributed by atoms with Gasteiger partial charge in [-0.15, -0.1) is 0 Å². The van der Waals surface area contributed by atoms with Crippen LogP contribution < -0.4 is 15.5 Å². The van der Waals surface area contributed by atoms with Gasteiger partial charge in [-0.25, -0.2) is 14.7 Å². The van der Waals surface area contributed by atoms with Gasteiger partial charge in [0.05, 0.1) is 15.9 Å². The zero-order valence-electron chi connectivity index (χ0n) is 15.7. The van der Waals surface area contributed by atoms with Crippen LogP contribution in [0.4, 0.5) is 21.3 Å². The van der Waals surface area contributed by atoms with E-state index in [1.54, 1.807) is 18.2 Å². The number of imide groups is 1. The number of nitrogens with zero attached hydrogens (tertiary/aromatic N) is 2. The van der Waals surface area contributed by atoms with Crippen LogP contribution in [-0.2, 0) is 9.59 Å². The van der Waals surface area contributed by atoms with E-state index in [4.69, 9.17) is 0 Å². The number of rotatable bonds is 3. The first kappa shape index (κ1) is 18.3. The molecule has 5 rings (SSSR count). The van der Waals surface area contributed by atoms with Gasteiger partial charge in [-0.2, -0.15) is 0 Å². The monoisotopic (exact) mass is 416 g/mol. The van der Waals surface area contributed by atoms with Gasteiger partial charge in [-0.1, -0.05) is 47.7 Å². The van der Waals surface area contributed by atoms with Crippen molar-refractivity contribution >= 4 is 66.7 Å². The van der Waals surface area contributed by atoms with Crippen LogP contribution in [0.2, 0.25) is 0 Å². The molecule has 148 valence electrons. The number of urea groups is 1. The Balaban J connectivity index is 1.37. The third-order valence-corrected chi connectivity index (χ3v) is 5.92. The lowest BCUT2D eigenvalue weighted by atomic mass is 10.1. The van der Waals surface area contributed by atoms with Gasteiger partial charge in [0.1, 0.15) is 0 Å². The number of aromatic nitrogens is 1. The lowest BCUT2D eigenvalue weighted by Crippen LogP contribution is -2.28. The van der Waals surface area contributed by atoms with E-state index in [1.807, 2.05) is 42.5 Å². The maximum Gasteiger partial charge on any atom is 0.323 e. The fourth-order valence-corrected chi connectivity index (χ4v) is 4.53. The fourth-order valence-electron chi connectivity index (χ4n) is 3.49. The number of hydrogen-bond donors (Lipinski definition) is 2. The Bertz CT molecular complexity index is 1310. The summed E-state index contributed by atoms with van der Waals surface area (Å²) in [5.74, 6) is -0.459. The predicted molar refractivity (Wildman–Crippen MR) is 118 cm³/mol. The van der Waals surface area contributed by atoms with E-state index in [2.05, 4.69) is 15.6 Å². The number of carbonyl (C=O) groups excluding carboxylic acids is 3. The van der Waals surface area contributed by atoms with Crippen LogP contribution in [0, 0.1) is 0 Å². The van der Waals surface area contributed by atoms with Crippen molar-refractivity contribution in [1.29, 1.82) is 0 Å². The number of anilines is 3. The van der Waals surface area contributed by atoms with Gasteiger partial charge >= 0.3 is 6.03 Å². The summed E-state index contributed by atoms with van der Waals surface area (Å²) in [6.07, 6.45) is 0.436. The molecule has 1 fully saturated rings. The second-order valence-electron chi connectivity index (χ2n) is 6.91. The summed E-state index contributed by atoms with van der Waals surface area (Å²) in [6.45, 7) is 0. The fraction of sp³-hybridized carbons (Fsp3) is 0.0909. The molecule has 1 aliphatic heterocycles. The number of thiazole rings is 1. The summed E-state index contributed by atoms with van der Waals surface area (Å²) in [6, 6.07) is 18.5. The maximum absolute atomic E-state index is 12.5. The Morgan fingerprint density at radius 3 is 2.53 bits per heavy atom. The normalized spacial score (nSPS) is 13.9. The largest absolute Gasteiger partial charge is 0.323 e. The highest BCUT2D eigenvalue weighted by Gasteiger charge is 2.32. The molecule has 0 aliphatic carbocycles. The number of hydrogen-bond acceptors (Lipinski definition) is 5. The molecule has 4 amide bonds. The molecule has 1 saturated heterocycles. The Hall–Kier alpha value is -3.78. The van der Waals surface area contributed by atoms with Crippen molar-refractivity contribution in [3.63, 3.8) is 0 Å². The second kappa shape index (κ2) is 7.23. The minimum atomic E-state index is -0.361. The summed E-state index contributed by atoms with van der Waals surface area (Å²) in [7, 11) is 0. The second-order valence-corrected chi connectivity index (χ2v) is 7.92. The molecule has 4 aromatic rings. The molecule has 1 aromatic heterocycles. The highest BCUT2D eigenvalue weighted by molar-refractivity contribution is 7.22. The van der Waals surface area contributed by atoms with Crippen LogP contribution in [0.3, 0.4) is 0 Å². The van der Waals surface area contributed by atoms with Crippen molar-refractivity contribution in [3.05, 3.63) is 60.7 Å². The molecule has 0 radical (unpaired) electrons. The highest BCUT2D eigenvalue weighted by atomic mass is 32.1. The minimum absolute atomic E-state index is 0.218. The Kier molecular flexibility index (Phi) is 4.40. The number of nitrogens with one attached hydrogen (secondary N) is 2. The van der Waals surface area contributed by atoms with E-state index in [0.717, 1.165) is 26.1 Å². The first-order valence-corrected chi connectivity index (χ1v) is 10.2. The minimum Gasteiger partial charge on any atom is -0.308 e. The Morgan fingerprint density at radius 2 is 1.70 bits per heavy atom. The quantitative estimate of drug-likeness (QED) is 0.472. The molecule has 30 heavy (non-hydrogen) atoms. The van der Waals surface area contributed by atoms with Crippen molar-refractivity contribution in [2.45, 2.75) is 12.8 Å². The molecule has 2 heterocycles. The third kappa shape index (κ3) is 3.27. The van der Waals surface area contributed by atoms with Crippen LogP contribution >= 0.6 is 11.3 Å². The number of benzene rings is 3. The molecular formula is C22H16N4O3S. The molecule has 0 unspecified atom stereocenters. The Morgan fingerprint density at radius 1 is 0.933 bits per heavy atom. The zero-order valence-corrected chi connectivity index (χ0v) is 16.5. The van der Waals surface area contributed by atoms with Crippen molar-refractivity contribution in [2.24, 2.45) is 0 Å². The SMILES string of the molecule is O=C(Nc1ccc2nc(N3C(=O)CCC3=O)sc2c1)Nc1cccc2ccccc12. The first-order valence-electron chi connectivity index (χ1n) is 9.41. The molecule has 7 nitrogen and oxygen atoms in total. The first-order chi connectivity index (χ1) is 14.6. The van der Waals surface area contributed by atoms with Gasteiger partial charge in [-0.3, -0.25) is 9.59 Å². The molecule has 1 aliphatic rings. The predicted octanol–water partition coefficient (Wildman–Crippen LogP) is 4.75. The van der Waals surface area contributed by atoms with E-state index >= 15 is 0 Å². The van der Waals surface area contributed by atoms with Gasteiger partial charge in [-0.05, 0) is 29.7 Å². The molecule has 2 N–H and O–H groups in total. The molecular weight excluding hydrogens is 400 g/mol. The lowest BCUT2D eigenvalue weighted by molar-refractivity contribution is -0.121. The van der Waals surface area contributed by atoms with Gasteiger partial charge in [0, 0.05) is 23.9 Å². The standard InChI is InChI=1S/C22H16N4O3S/c27-19-10-11-20(28)26(19)22-25-17-9-8-14(12-18(17)30-22)23-21(29)24-16-7-3-5-13-4-1-2-6-15(13)16/h1-9,12H,10-11H2,(H2,23,24,29). The summed E-state index contributed by atoms with van der Waals surface area (Å²) in [4.78, 5) is 42.0. The van der Waals surface area contributed by atoms with E-state index in [9.17, 15) is 14.4 Å². The van der Waals surface area contributed by atoms with Crippen molar-refractivity contribution < 1.29 is 14.4 Å². The summed E-state index contributed by atoms with van der Waals surface area (Å²) in [5, 5.41) is 8.08. The van der Waals surface area contributed by atoms with E-state index in [-0.39, 0.29) is 30.7 Å². The van der Waals surface area contributed by atoms with Gasteiger partial charge in [0.25, 0.3) is 0 Å². The highest BCUT2D eigenvalue weighted by Crippen LogP contribution is 2.33. The van der Waals surface area contributed by atoms with Crippen LogP contribution in [-0.4, -0.2) is 22.8 Å². The zero-order chi connectivity index (χ0) is 20.7. The van der Waals surface area contributed by atoms with Gasteiger partial charge in [0.2, 0.25) is 11.8 Å². The van der Waals surface area contributed by atoms with E-state index in [0.29, 0.717) is 16.3 Å². The van der Waals surface area contributed by atoms with Crippen LogP contribution in [0.25, 0.3) is 21.0 Å². The Labute approximate surface area is 175 Å². The molecule has 0 saturated carbocycles. The summed E-state index contributed by atoms with van der Waals surface area (Å²) >= 11 is 1.25.